The first-order chi connectivity index (χ1) is 10.8. The van der Waals surface area contributed by atoms with E-state index < -0.39 is 0 Å². The van der Waals surface area contributed by atoms with Crippen LogP contribution in [0.25, 0.3) is 27.7 Å². The molecule has 22 heavy (non-hydrogen) atoms. The first kappa shape index (κ1) is 13.1. The quantitative estimate of drug-likeness (QED) is 0.523. The Hall–Kier alpha value is -2.59. The molecule has 0 N–H and O–H groups in total. The van der Waals surface area contributed by atoms with Crippen molar-refractivity contribution in [2.45, 2.75) is 6.92 Å². The van der Waals surface area contributed by atoms with Crippen LogP contribution in [0.4, 0.5) is 0 Å². The molecule has 108 valence electrons. The van der Waals surface area contributed by atoms with Crippen LogP contribution >= 0.6 is 11.3 Å². The van der Waals surface area contributed by atoms with Crippen LogP contribution < -0.4 is 0 Å². The monoisotopic (exact) mass is 306 g/mol. The van der Waals surface area contributed by atoms with Gasteiger partial charge < -0.3 is 4.42 Å². The van der Waals surface area contributed by atoms with Gasteiger partial charge in [-0.15, -0.1) is 11.3 Å². The Morgan fingerprint density at radius 3 is 2.59 bits per heavy atom. The van der Waals surface area contributed by atoms with Crippen molar-refractivity contribution in [1.29, 1.82) is 0 Å². The SMILES string of the molecule is Cc1ccc(-n2nc(-c3cccs3)cc2-c2ccco2)cc1. The van der Waals surface area contributed by atoms with Gasteiger partial charge in [0.25, 0.3) is 0 Å². The molecule has 0 atom stereocenters. The molecule has 0 amide bonds. The topological polar surface area (TPSA) is 31.0 Å². The molecule has 4 rings (SSSR count). The minimum Gasteiger partial charge on any atom is -0.463 e. The van der Waals surface area contributed by atoms with Gasteiger partial charge >= 0.3 is 0 Å². The second kappa shape index (κ2) is 5.31. The van der Waals surface area contributed by atoms with Gasteiger partial charge in [-0.25, -0.2) is 4.68 Å². The van der Waals surface area contributed by atoms with Crippen LogP contribution in [0.3, 0.4) is 0 Å². The van der Waals surface area contributed by atoms with Crippen molar-refractivity contribution in [2.75, 3.05) is 0 Å². The molecule has 0 unspecified atom stereocenters. The Labute approximate surface area is 132 Å². The largest absolute Gasteiger partial charge is 0.463 e. The van der Waals surface area contributed by atoms with Crippen molar-refractivity contribution in [3.8, 4) is 27.7 Å². The minimum atomic E-state index is 0.816. The van der Waals surface area contributed by atoms with Gasteiger partial charge in [-0.1, -0.05) is 23.8 Å². The third kappa shape index (κ3) is 2.27. The highest BCUT2D eigenvalue weighted by atomic mass is 32.1. The highest BCUT2D eigenvalue weighted by Gasteiger charge is 2.15. The summed E-state index contributed by atoms with van der Waals surface area (Å²) < 4.78 is 7.52. The zero-order valence-electron chi connectivity index (χ0n) is 12.1. The molecule has 3 nitrogen and oxygen atoms in total. The van der Waals surface area contributed by atoms with E-state index in [0.717, 1.165) is 27.7 Å². The summed E-state index contributed by atoms with van der Waals surface area (Å²) in [6.07, 6.45) is 1.69. The summed E-state index contributed by atoms with van der Waals surface area (Å²) in [5.74, 6) is 0.816. The molecule has 1 aromatic carbocycles. The smallest absolute Gasteiger partial charge is 0.152 e. The fraction of sp³-hybridized carbons (Fsp3) is 0.0556. The minimum absolute atomic E-state index is 0.816. The third-order valence-electron chi connectivity index (χ3n) is 3.54. The van der Waals surface area contributed by atoms with Gasteiger partial charge in [0.15, 0.2) is 5.76 Å². The third-order valence-corrected chi connectivity index (χ3v) is 4.43. The Morgan fingerprint density at radius 2 is 1.91 bits per heavy atom. The average Bonchev–Trinajstić information content (AvgIpc) is 3.27. The van der Waals surface area contributed by atoms with E-state index in [-0.39, 0.29) is 0 Å². The molecule has 0 aliphatic heterocycles. The molecule has 0 aliphatic rings. The van der Waals surface area contributed by atoms with Crippen molar-refractivity contribution in [3.05, 3.63) is 71.8 Å². The van der Waals surface area contributed by atoms with Crippen LogP contribution in [0.2, 0.25) is 0 Å². The number of rotatable bonds is 3. The van der Waals surface area contributed by atoms with Crippen LogP contribution in [-0.2, 0) is 0 Å². The first-order valence-electron chi connectivity index (χ1n) is 7.06. The molecule has 0 aliphatic carbocycles. The van der Waals surface area contributed by atoms with E-state index >= 15 is 0 Å². The number of thiophene rings is 1. The summed E-state index contributed by atoms with van der Waals surface area (Å²) in [7, 11) is 0. The van der Waals surface area contributed by atoms with E-state index in [4.69, 9.17) is 9.52 Å². The lowest BCUT2D eigenvalue weighted by Crippen LogP contribution is -1.98. The summed E-state index contributed by atoms with van der Waals surface area (Å²) in [4.78, 5) is 1.15. The van der Waals surface area contributed by atoms with Crippen molar-refractivity contribution >= 4 is 11.3 Å². The number of benzene rings is 1. The van der Waals surface area contributed by atoms with Crippen molar-refractivity contribution in [1.82, 2.24) is 9.78 Å². The average molecular weight is 306 g/mol. The molecule has 4 heteroatoms. The number of hydrogen-bond donors (Lipinski definition) is 0. The number of aromatic nitrogens is 2. The van der Waals surface area contributed by atoms with Crippen LogP contribution in [0.15, 0.2) is 70.7 Å². The van der Waals surface area contributed by atoms with Gasteiger partial charge in [0.2, 0.25) is 0 Å². The predicted molar refractivity (Wildman–Crippen MR) is 89.3 cm³/mol. The number of aryl methyl sites for hydroxylation is 1. The molecule has 3 aromatic heterocycles. The van der Waals surface area contributed by atoms with E-state index in [0.29, 0.717) is 0 Å². The number of nitrogens with zero attached hydrogens (tertiary/aromatic N) is 2. The molecule has 0 spiro atoms. The fourth-order valence-electron chi connectivity index (χ4n) is 2.41. The van der Waals surface area contributed by atoms with Crippen LogP contribution in [0.5, 0.6) is 0 Å². The highest BCUT2D eigenvalue weighted by molar-refractivity contribution is 7.13. The molecular formula is C18H14N2OS. The van der Waals surface area contributed by atoms with Crippen molar-refractivity contribution < 1.29 is 4.42 Å². The van der Waals surface area contributed by atoms with Crippen LogP contribution in [0, 0.1) is 6.92 Å². The molecule has 0 fully saturated rings. The summed E-state index contributed by atoms with van der Waals surface area (Å²) >= 11 is 1.69. The Bertz CT molecular complexity index is 872. The molecule has 0 bridgehead atoms. The lowest BCUT2D eigenvalue weighted by Gasteiger charge is -2.05. The van der Waals surface area contributed by atoms with Crippen molar-refractivity contribution in [3.63, 3.8) is 0 Å². The summed E-state index contributed by atoms with van der Waals surface area (Å²) in [5.41, 5.74) is 4.17. The zero-order chi connectivity index (χ0) is 14.9. The maximum Gasteiger partial charge on any atom is 0.152 e. The van der Waals surface area contributed by atoms with Gasteiger partial charge in [0, 0.05) is 0 Å². The summed E-state index contributed by atoms with van der Waals surface area (Å²) in [5, 5.41) is 6.84. The van der Waals surface area contributed by atoms with E-state index in [1.807, 2.05) is 22.9 Å². The Kier molecular flexibility index (Phi) is 3.16. The molecule has 0 radical (unpaired) electrons. The molecule has 3 heterocycles. The van der Waals surface area contributed by atoms with Crippen LogP contribution in [0.1, 0.15) is 5.56 Å². The van der Waals surface area contributed by atoms with Gasteiger partial charge in [0.1, 0.15) is 11.4 Å². The second-order valence-electron chi connectivity index (χ2n) is 5.12. The summed E-state index contributed by atoms with van der Waals surface area (Å²) in [6, 6.07) is 18.4. The Balaban J connectivity index is 1.90. The van der Waals surface area contributed by atoms with Gasteiger partial charge in [-0.3, -0.25) is 0 Å². The number of hydrogen-bond acceptors (Lipinski definition) is 3. The standard InChI is InChI=1S/C18H14N2OS/c1-13-6-8-14(9-7-13)20-16(17-4-2-10-21-17)12-15(19-20)18-5-3-11-22-18/h2-12H,1H3. The lowest BCUT2D eigenvalue weighted by molar-refractivity contribution is 0.577. The molecular weight excluding hydrogens is 292 g/mol. The van der Waals surface area contributed by atoms with E-state index in [1.54, 1.807) is 17.6 Å². The van der Waals surface area contributed by atoms with E-state index in [9.17, 15) is 0 Å². The Morgan fingerprint density at radius 1 is 1.05 bits per heavy atom. The van der Waals surface area contributed by atoms with Crippen molar-refractivity contribution in [2.24, 2.45) is 0 Å². The first-order valence-corrected chi connectivity index (χ1v) is 7.94. The zero-order valence-corrected chi connectivity index (χ0v) is 12.9. The maximum atomic E-state index is 5.58. The second-order valence-corrected chi connectivity index (χ2v) is 6.06. The number of furan rings is 1. The van der Waals surface area contributed by atoms with Gasteiger partial charge in [0.05, 0.1) is 16.8 Å². The summed E-state index contributed by atoms with van der Waals surface area (Å²) in [6.45, 7) is 2.08. The van der Waals surface area contributed by atoms with E-state index in [2.05, 4.69) is 48.7 Å². The van der Waals surface area contributed by atoms with Crippen LogP contribution in [-0.4, -0.2) is 9.78 Å². The molecule has 0 saturated carbocycles. The fourth-order valence-corrected chi connectivity index (χ4v) is 3.09. The van der Waals surface area contributed by atoms with Gasteiger partial charge in [-0.2, -0.15) is 5.10 Å². The van der Waals surface area contributed by atoms with Gasteiger partial charge in [-0.05, 0) is 48.7 Å². The maximum absolute atomic E-state index is 5.58. The molecule has 4 aromatic rings. The highest BCUT2D eigenvalue weighted by Crippen LogP contribution is 2.31. The molecule has 0 saturated heterocycles. The normalized spacial score (nSPS) is 11.0. The lowest BCUT2D eigenvalue weighted by atomic mass is 10.2. The predicted octanol–water partition coefficient (Wildman–Crippen LogP) is 5.17. The van der Waals surface area contributed by atoms with E-state index in [1.165, 1.54) is 5.56 Å².